The molecule has 33 heteroatoms. The highest BCUT2D eigenvalue weighted by atomic mass is 35.5. The highest BCUT2D eigenvalue weighted by Crippen LogP contribution is 2.55. The van der Waals surface area contributed by atoms with Crippen LogP contribution in [0.5, 0.6) is 0 Å². The van der Waals surface area contributed by atoms with Crippen LogP contribution in [-0.2, 0) is 75.4 Å². The number of hydrogen-bond donors (Lipinski definition) is 4. The lowest BCUT2D eigenvalue weighted by atomic mass is 9.93. The summed E-state index contributed by atoms with van der Waals surface area (Å²) in [5, 5.41) is 28.1. The Labute approximate surface area is 445 Å². The normalized spacial score (nSPS) is 16.3. The molecule has 0 spiro atoms. The van der Waals surface area contributed by atoms with Gasteiger partial charge in [0.1, 0.15) is 47.5 Å². The summed E-state index contributed by atoms with van der Waals surface area (Å²) in [7, 11) is -9.18. The number of carbonyl (C=O) groups is 5. The summed E-state index contributed by atoms with van der Waals surface area (Å²) < 4.78 is 203. The summed E-state index contributed by atoms with van der Waals surface area (Å²) >= 11 is 6.58. The number of nitrogens with one attached hydrogen (secondary N) is 2. The number of aromatic nitrogens is 5. The van der Waals surface area contributed by atoms with Crippen LogP contribution in [-0.4, -0.2) is 118 Å². The van der Waals surface area contributed by atoms with Gasteiger partial charge in [-0.25, -0.2) is 49.8 Å². The fraction of sp³-hybridized carbons (Fsp3) is 0.391. The zero-order valence-corrected chi connectivity index (χ0v) is 43.7. The average molecular weight is 1190 g/mol. The fourth-order valence-electron chi connectivity index (χ4n) is 8.18. The molecule has 1 aliphatic carbocycles. The van der Waals surface area contributed by atoms with Gasteiger partial charge in [0, 0.05) is 34.9 Å². The molecule has 3 amide bonds. The molecule has 79 heavy (non-hydrogen) atoms. The highest BCUT2D eigenvalue weighted by Gasteiger charge is 2.57. The molecule has 0 saturated heterocycles. The molecule has 1 aliphatic rings. The molecule has 4 N–H and O–H groups in total. The van der Waals surface area contributed by atoms with E-state index in [1.54, 1.807) is 5.32 Å². The third-order valence-corrected chi connectivity index (χ3v) is 15.6. The van der Waals surface area contributed by atoms with Crippen molar-refractivity contribution in [1.29, 1.82) is 0 Å². The van der Waals surface area contributed by atoms with Crippen molar-refractivity contribution in [2.75, 3.05) is 23.4 Å². The van der Waals surface area contributed by atoms with Crippen molar-refractivity contribution in [2.45, 2.75) is 88.2 Å². The lowest BCUT2D eigenvalue weighted by Crippen LogP contribution is -2.52. The Morgan fingerprint density at radius 1 is 0.899 bits per heavy atom. The molecular formula is C46H41ClF10N8O12S2. The van der Waals surface area contributed by atoms with Crippen molar-refractivity contribution in [3.63, 3.8) is 0 Å². The second-order valence-corrected chi connectivity index (χ2v) is 23.2. The van der Waals surface area contributed by atoms with E-state index in [0.717, 1.165) is 56.5 Å². The van der Waals surface area contributed by atoms with E-state index < -0.39 is 196 Å². The van der Waals surface area contributed by atoms with Crippen LogP contribution in [0.25, 0.3) is 22.0 Å². The standard InChI is InChI=1S/C46H41ClF10N8O12S2/c1-20-21(2)45(53,54)37-32(20)36(46(55,56)57)61-63(37)17-31(66)59-29(15-22-13-23(48)16-24(49)14-22)34-26(8-7-25(58-34)11-12-43(3,4)78(5,73)74)27-9-10-28(47)33-35(27)64(19-44(50,51)52)62-38(33)65(79(6,75)76)42(72)60-30(39(67)68)18-77-41(71)40(69)70/h7-10,13-14,16,20-21,29-30H,15,17-19H2,1-6H3,(H,59,66)(H,60,72)(H,67,68)(H,69,70)/t20-,21+,29-,30-/m0/s1. The number of urea groups is 1. The van der Waals surface area contributed by atoms with Gasteiger partial charge in [0.25, 0.3) is 5.92 Å². The fourth-order valence-corrected chi connectivity index (χ4v) is 9.45. The number of carboxylic acids is 2. The number of hydrogen-bond acceptors (Lipinski definition) is 13. The third-order valence-electron chi connectivity index (χ3n) is 12.3. The Kier molecular flexibility index (Phi) is 16.6. The number of halogens is 11. The molecular weight excluding hydrogens is 1150 g/mol. The number of amides is 3. The van der Waals surface area contributed by atoms with Gasteiger partial charge in [-0.15, -0.1) is 0 Å². The van der Waals surface area contributed by atoms with Crippen LogP contribution in [0.2, 0.25) is 5.02 Å². The van der Waals surface area contributed by atoms with Crippen LogP contribution in [0.1, 0.15) is 73.6 Å². The molecule has 5 aromatic rings. The zero-order chi connectivity index (χ0) is 59.4. The summed E-state index contributed by atoms with van der Waals surface area (Å²) in [6, 6.07) is -0.520. The van der Waals surface area contributed by atoms with E-state index >= 15 is 8.78 Å². The van der Waals surface area contributed by atoms with Gasteiger partial charge in [0.05, 0.1) is 33.9 Å². The molecule has 0 bridgehead atoms. The number of alkyl halides is 8. The van der Waals surface area contributed by atoms with Gasteiger partial charge in [-0.05, 0) is 68.0 Å². The highest BCUT2D eigenvalue weighted by molar-refractivity contribution is 7.93. The van der Waals surface area contributed by atoms with Gasteiger partial charge in [-0.3, -0.25) is 14.2 Å². The summed E-state index contributed by atoms with van der Waals surface area (Å²) in [6.07, 6.45) is -10.3. The molecule has 3 aromatic heterocycles. The van der Waals surface area contributed by atoms with E-state index in [4.69, 9.17) is 16.7 Å². The molecule has 0 radical (unpaired) electrons. The molecule has 0 saturated carbocycles. The Morgan fingerprint density at radius 2 is 1.51 bits per heavy atom. The lowest BCUT2D eigenvalue weighted by Gasteiger charge is -2.24. The Morgan fingerprint density at radius 3 is 2.05 bits per heavy atom. The number of sulfonamides is 1. The molecule has 0 aliphatic heterocycles. The van der Waals surface area contributed by atoms with E-state index in [0.29, 0.717) is 12.3 Å². The number of carbonyl (C=O) groups excluding carboxylic acids is 3. The Balaban J connectivity index is 1.65. The smallest absolute Gasteiger partial charge is 0.435 e. The number of carboxylic acid groups (broad SMARTS) is 2. The molecule has 0 unspecified atom stereocenters. The van der Waals surface area contributed by atoms with Gasteiger partial charge in [0.2, 0.25) is 15.9 Å². The van der Waals surface area contributed by atoms with E-state index in [1.807, 2.05) is 0 Å². The van der Waals surface area contributed by atoms with Crippen molar-refractivity contribution < 1.29 is 99.7 Å². The van der Waals surface area contributed by atoms with Gasteiger partial charge in [-0.2, -0.15) is 49.6 Å². The summed E-state index contributed by atoms with van der Waals surface area (Å²) in [4.78, 5) is 67.2. The number of benzene rings is 2. The third kappa shape index (κ3) is 13.0. The maximum Gasteiger partial charge on any atom is 0.435 e. The Bertz CT molecular complexity index is 3610. The summed E-state index contributed by atoms with van der Waals surface area (Å²) in [5.74, 6) is -13.7. The number of pyridine rings is 1. The molecule has 426 valence electrons. The van der Waals surface area contributed by atoms with Crippen molar-refractivity contribution in [1.82, 2.24) is 35.2 Å². The van der Waals surface area contributed by atoms with E-state index in [-0.39, 0.29) is 19.2 Å². The summed E-state index contributed by atoms with van der Waals surface area (Å²) in [5.41, 5.74) is -7.08. The van der Waals surface area contributed by atoms with Crippen LogP contribution >= 0.6 is 11.6 Å². The van der Waals surface area contributed by atoms with Crippen LogP contribution in [0.4, 0.5) is 54.5 Å². The largest absolute Gasteiger partial charge is 0.480 e. The predicted octanol–water partition coefficient (Wildman–Crippen LogP) is 6.48. The first-order valence-electron chi connectivity index (χ1n) is 22.4. The number of aliphatic carboxylic acids is 2. The SMILES string of the molecule is C[C@@H]1c2c(C(F)(F)F)nn(CC(=O)N[C@@H](Cc3cc(F)cc(F)c3)c3nc(C#CC(C)(C)S(C)(=O)=O)ccc3-c3ccc(Cl)c4c(N(C(=O)N[C@@H](COC(=O)C(=O)O)C(=O)O)S(C)(=O)=O)nn(CC(F)(F)F)c34)c2C(F)(F)[C@@H]1C. The molecule has 6 rings (SSSR count). The second-order valence-electron chi connectivity index (χ2n) is 18.4. The van der Waals surface area contributed by atoms with Crippen LogP contribution in [0.3, 0.4) is 0 Å². The molecule has 2 aromatic carbocycles. The van der Waals surface area contributed by atoms with E-state index in [2.05, 4.69) is 37.1 Å². The number of sulfone groups is 1. The van der Waals surface area contributed by atoms with Gasteiger partial charge >= 0.3 is 36.3 Å². The second kappa shape index (κ2) is 21.6. The average Bonchev–Trinajstić information content (AvgIpc) is 4.10. The van der Waals surface area contributed by atoms with Crippen molar-refractivity contribution in [2.24, 2.45) is 5.92 Å². The van der Waals surface area contributed by atoms with Crippen molar-refractivity contribution in [3.8, 4) is 23.0 Å². The number of fused-ring (bicyclic) bond motifs is 2. The van der Waals surface area contributed by atoms with Gasteiger partial charge < -0.3 is 25.6 Å². The first kappa shape index (κ1) is 60.7. The van der Waals surface area contributed by atoms with Crippen molar-refractivity contribution in [3.05, 3.63) is 93.0 Å². The van der Waals surface area contributed by atoms with Crippen LogP contribution in [0, 0.1) is 29.4 Å². The van der Waals surface area contributed by atoms with Crippen LogP contribution < -0.4 is 14.9 Å². The topological polar surface area (TPSA) is 279 Å². The zero-order valence-electron chi connectivity index (χ0n) is 41.3. The number of rotatable bonds is 15. The maximum atomic E-state index is 15.8. The van der Waals surface area contributed by atoms with Gasteiger partial charge in [-0.1, -0.05) is 37.4 Å². The first-order chi connectivity index (χ1) is 36.1. The minimum absolute atomic E-state index is 0.0704. The minimum Gasteiger partial charge on any atom is -0.480 e. The molecule has 20 nitrogen and oxygen atoms in total. The quantitative estimate of drug-likeness (QED) is 0.0378. The predicted molar refractivity (Wildman–Crippen MR) is 255 cm³/mol. The number of anilines is 1. The number of nitrogens with zero attached hydrogens (tertiary/aromatic N) is 6. The Hall–Kier alpha value is -7.53. The van der Waals surface area contributed by atoms with Gasteiger partial charge in [0.15, 0.2) is 27.4 Å². The number of ether oxygens (including phenoxy) is 1. The minimum atomic E-state index is -5.32. The van der Waals surface area contributed by atoms with Crippen LogP contribution in [0.15, 0.2) is 42.5 Å². The molecule has 3 heterocycles. The van der Waals surface area contributed by atoms with E-state index in [9.17, 15) is 81.0 Å². The number of esters is 1. The first-order valence-corrected chi connectivity index (χ1v) is 26.5. The van der Waals surface area contributed by atoms with E-state index in [1.165, 1.54) is 13.8 Å². The maximum absolute atomic E-state index is 15.8. The summed E-state index contributed by atoms with van der Waals surface area (Å²) in [6.45, 7) is -0.600. The monoisotopic (exact) mass is 1190 g/mol. The molecule has 4 atom stereocenters. The lowest BCUT2D eigenvalue weighted by molar-refractivity contribution is -0.165. The molecule has 0 fully saturated rings. The van der Waals surface area contributed by atoms with Crippen molar-refractivity contribution >= 4 is 78.0 Å².